The molecule has 1 aliphatic rings. The number of amidine groups is 1. The lowest BCUT2D eigenvalue weighted by Gasteiger charge is -2.01. The molecule has 0 aromatic heterocycles. The molecule has 1 aliphatic heterocycles. The summed E-state index contributed by atoms with van der Waals surface area (Å²) >= 11 is 5.74. The van der Waals surface area contributed by atoms with Crippen molar-refractivity contribution in [2.75, 3.05) is 13.1 Å². The maximum absolute atomic E-state index is 11.7. The SMILES string of the molecule is O=C(CC1=NCCN1)c1ccc(Cl)cc1. The van der Waals surface area contributed by atoms with Gasteiger partial charge in [-0.3, -0.25) is 9.79 Å². The Morgan fingerprint density at radius 3 is 2.73 bits per heavy atom. The van der Waals surface area contributed by atoms with E-state index in [1.807, 2.05) is 0 Å². The summed E-state index contributed by atoms with van der Waals surface area (Å²) in [4.78, 5) is 15.9. The molecule has 0 radical (unpaired) electrons. The smallest absolute Gasteiger partial charge is 0.170 e. The van der Waals surface area contributed by atoms with Gasteiger partial charge in [-0.1, -0.05) is 11.6 Å². The van der Waals surface area contributed by atoms with Crippen LogP contribution in [0.3, 0.4) is 0 Å². The summed E-state index contributed by atoms with van der Waals surface area (Å²) < 4.78 is 0. The van der Waals surface area contributed by atoms with Gasteiger partial charge in [0, 0.05) is 17.1 Å². The van der Waals surface area contributed by atoms with Crippen molar-refractivity contribution in [3.63, 3.8) is 0 Å². The quantitative estimate of drug-likeness (QED) is 0.794. The minimum Gasteiger partial charge on any atom is -0.372 e. The lowest BCUT2D eigenvalue weighted by molar-refractivity contribution is 0.1000. The van der Waals surface area contributed by atoms with Gasteiger partial charge in [0.15, 0.2) is 5.78 Å². The summed E-state index contributed by atoms with van der Waals surface area (Å²) in [5, 5.41) is 3.71. The number of ketones is 1. The molecule has 0 unspecified atom stereocenters. The van der Waals surface area contributed by atoms with Crippen molar-refractivity contribution in [3.8, 4) is 0 Å². The molecule has 1 aromatic rings. The Bertz CT molecular complexity index is 398. The van der Waals surface area contributed by atoms with Gasteiger partial charge in [0.05, 0.1) is 13.0 Å². The number of hydrogen-bond donors (Lipinski definition) is 1. The number of benzene rings is 1. The van der Waals surface area contributed by atoms with E-state index in [0.717, 1.165) is 18.9 Å². The Labute approximate surface area is 93.2 Å². The molecular formula is C11H11ClN2O. The van der Waals surface area contributed by atoms with Crippen LogP contribution in [0.15, 0.2) is 29.3 Å². The summed E-state index contributed by atoms with van der Waals surface area (Å²) in [5.41, 5.74) is 0.677. The molecular weight excluding hydrogens is 212 g/mol. The first-order valence-electron chi connectivity index (χ1n) is 4.81. The molecule has 2 rings (SSSR count). The first-order valence-corrected chi connectivity index (χ1v) is 5.19. The molecule has 4 heteroatoms. The molecule has 0 fully saturated rings. The van der Waals surface area contributed by atoms with Gasteiger partial charge in [0.1, 0.15) is 5.84 Å². The first kappa shape index (κ1) is 10.2. The van der Waals surface area contributed by atoms with Gasteiger partial charge < -0.3 is 5.32 Å². The van der Waals surface area contributed by atoms with Gasteiger partial charge in [0.2, 0.25) is 0 Å². The highest BCUT2D eigenvalue weighted by Gasteiger charge is 2.12. The van der Waals surface area contributed by atoms with Gasteiger partial charge in [-0.05, 0) is 24.3 Å². The van der Waals surface area contributed by atoms with E-state index in [2.05, 4.69) is 10.3 Å². The van der Waals surface area contributed by atoms with Crippen molar-refractivity contribution in [2.24, 2.45) is 4.99 Å². The van der Waals surface area contributed by atoms with Crippen molar-refractivity contribution < 1.29 is 4.79 Å². The van der Waals surface area contributed by atoms with Gasteiger partial charge >= 0.3 is 0 Å². The van der Waals surface area contributed by atoms with E-state index >= 15 is 0 Å². The van der Waals surface area contributed by atoms with Crippen LogP contribution in [0.25, 0.3) is 0 Å². The lowest BCUT2D eigenvalue weighted by atomic mass is 10.1. The van der Waals surface area contributed by atoms with Crippen molar-refractivity contribution >= 4 is 23.2 Å². The van der Waals surface area contributed by atoms with Crippen molar-refractivity contribution in [1.82, 2.24) is 5.32 Å². The minimum absolute atomic E-state index is 0.0693. The molecule has 1 aromatic carbocycles. The number of rotatable bonds is 3. The number of nitrogens with zero attached hydrogens (tertiary/aromatic N) is 1. The van der Waals surface area contributed by atoms with Crippen LogP contribution in [0.2, 0.25) is 5.02 Å². The molecule has 0 amide bonds. The number of carbonyl (C=O) groups is 1. The lowest BCUT2D eigenvalue weighted by Crippen LogP contribution is -2.21. The third kappa shape index (κ3) is 2.57. The van der Waals surface area contributed by atoms with Gasteiger partial charge in [-0.25, -0.2) is 0 Å². The number of hydrogen-bond acceptors (Lipinski definition) is 3. The van der Waals surface area contributed by atoms with Crippen LogP contribution in [0.5, 0.6) is 0 Å². The predicted octanol–water partition coefficient (Wildman–Crippen LogP) is 1.91. The fourth-order valence-corrected chi connectivity index (χ4v) is 1.58. The molecule has 78 valence electrons. The zero-order chi connectivity index (χ0) is 10.7. The number of carbonyl (C=O) groups excluding carboxylic acids is 1. The Morgan fingerprint density at radius 1 is 1.40 bits per heavy atom. The van der Waals surface area contributed by atoms with E-state index in [1.54, 1.807) is 24.3 Å². The fraction of sp³-hybridized carbons (Fsp3) is 0.273. The second kappa shape index (κ2) is 4.45. The first-order chi connectivity index (χ1) is 7.25. The van der Waals surface area contributed by atoms with Crippen molar-refractivity contribution in [1.29, 1.82) is 0 Å². The number of aliphatic imine (C=N–C) groups is 1. The van der Waals surface area contributed by atoms with E-state index in [1.165, 1.54) is 0 Å². The van der Waals surface area contributed by atoms with Crippen LogP contribution < -0.4 is 5.32 Å². The third-order valence-corrected chi connectivity index (χ3v) is 2.49. The second-order valence-electron chi connectivity index (χ2n) is 3.36. The highest BCUT2D eigenvalue weighted by atomic mass is 35.5. The maximum atomic E-state index is 11.7. The normalized spacial score (nSPS) is 14.6. The Hall–Kier alpha value is -1.35. The molecule has 0 aliphatic carbocycles. The molecule has 15 heavy (non-hydrogen) atoms. The number of halogens is 1. The topological polar surface area (TPSA) is 41.5 Å². The Kier molecular flexibility index (Phi) is 3.02. The molecule has 1 N–H and O–H groups in total. The van der Waals surface area contributed by atoms with Crippen LogP contribution in [-0.4, -0.2) is 24.7 Å². The molecule has 0 saturated heterocycles. The summed E-state index contributed by atoms with van der Waals surface area (Å²) in [6.07, 6.45) is 0.349. The molecule has 3 nitrogen and oxygen atoms in total. The van der Waals surface area contributed by atoms with Crippen LogP contribution in [0.1, 0.15) is 16.8 Å². The Morgan fingerprint density at radius 2 is 2.13 bits per heavy atom. The van der Waals surface area contributed by atoms with Gasteiger partial charge in [0.25, 0.3) is 0 Å². The van der Waals surface area contributed by atoms with Gasteiger partial charge in [-0.2, -0.15) is 0 Å². The molecule has 0 saturated carbocycles. The van der Waals surface area contributed by atoms with Crippen molar-refractivity contribution in [3.05, 3.63) is 34.9 Å². The minimum atomic E-state index is 0.0693. The standard InChI is InChI=1S/C11H11ClN2O/c12-9-3-1-8(2-4-9)10(15)7-11-13-5-6-14-11/h1-4H,5-7H2,(H,13,14). The van der Waals surface area contributed by atoms with E-state index < -0.39 is 0 Å². The van der Waals surface area contributed by atoms with Gasteiger partial charge in [-0.15, -0.1) is 0 Å². The predicted molar refractivity (Wildman–Crippen MR) is 60.7 cm³/mol. The van der Waals surface area contributed by atoms with E-state index in [9.17, 15) is 4.79 Å². The highest BCUT2D eigenvalue weighted by Crippen LogP contribution is 2.11. The van der Waals surface area contributed by atoms with Crippen LogP contribution >= 0.6 is 11.6 Å². The zero-order valence-corrected chi connectivity index (χ0v) is 8.92. The monoisotopic (exact) mass is 222 g/mol. The number of nitrogens with one attached hydrogen (secondary N) is 1. The summed E-state index contributed by atoms with van der Waals surface area (Å²) in [7, 11) is 0. The second-order valence-corrected chi connectivity index (χ2v) is 3.80. The van der Waals surface area contributed by atoms with Crippen LogP contribution in [-0.2, 0) is 0 Å². The van der Waals surface area contributed by atoms with Crippen molar-refractivity contribution in [2.45, 2.75) is 6.42 Å². The largest absolute Gasteiger partial charge is 0.372 e. The summed E-state index contributed by atoms with van der Waals surface area (Å²) in [6, 6.07) is 6.91. The van der Waals surface area contributed by atoms with Crippen LogP contribution in [0, 0.1) is 0 Å². The molecule has 1 heterocycles. The van der Waals surface area contributed by atoms with E-state index in [-0.39, 0.29) is 5.78 Å². The van der Waals surface area contributed by atoms with E-state index in [0.29, 0.717) is 17.0 Å². The third-order valence-electron chi connectivity index (χ3n) is 2.24. The fourth-order valence-electron chi connectivity index (χ4n) is 1.46. The zero-order valence-electron chi connectivity index (χ0n) is 8.16. The van der Waals surface area contributed by atoms with Crippen LogP contribution in [0.4, 0.5) is 0 Å². The molecule has 0 atom stereocenters. The van der Waals surface area contributed by atoms with E-state index in [4.69, 9.17) is 11.6 Å². The molecule has 0 spiro atoms. The maximum Gasteiger partial charge on any atom is 0.170 e. The highest BCUT2D eigenvalue weighted by molar-refractivity contribution is 6.30. The Balaban J connectivity index is 2.04. The summed E-state index contributed by atoms with van der Waals surface area (Å²) in [5.74, 6) is 0.856. The average molecular weight is 223 g/mol. The molecule has 0 bridgehead atoms. The average Bonchev–Trinajstić information content (AvgIpc) is 2.71. The number of Topliss-reactive ketones (excluding diaryl/α,β-unsaturated/α-hetero) is 1. The summed E-state index contributed by atoms with van der Waals surface area (Å²) in [6.45, 7) is 1.60.